The van der Waals surface area contributed by atoms with Crippen molar-refractivity contribution in [2.75, 3.05) is 0 Å². The standard InChI is InChI=1S/C10H9F10NO6S2/c1-4(2)6(22)27-5(3)21(28(23,24)9(17,18)7(11,12)13)29(25,26)10(19,20)8(14,15)16/h5H,1H2,2-3H3. The lowest BCUT2D eigenvalue weighted by molar-refractivity contribution is -0.245. The van der Waals surface area contributed by atoms with Gasteiger partial charge >= 0.3 is 48.9 Å². The van der Waals surface area contributed by atoms with Crippen LogP contribution in [0.15, 0.2) is 12.2 Å². The Morgan fingerprint density at radius 2 is 1.10 bits per heavy atom. The van der Waals surface area contributed by atoms with Crippen molar-refractivity contribution in [2.45, 2.75) is 42.9 Å². The van der Waals surface area contributed by atoms with E-state index in [1.807, 2.05) is 0 Å². The van der Waals surface area contributed by atoms with Gasteiger partial charge < -0.3 is 4.74 Å². The Balaban J connectivity index is 7.01. The first kappa shape index (κ1) is 27.4. The van der Waals surface area contributed by atoms with E-state index < -0.39 is 64.4 Å². The van der Waals surface area contributed by atoms with Gasteiger partial charge in [0.05, 0.1) is 0 Å². The lowest BCUT2D eigenvalue weighted by Crippen LogP contribution is -2.61. The fourth-order valence-electron chi connectivity index (χ4n) is 1.34. The molecule has 0 heterocycles. The molecule has 29 heavy (non-hydrogen) atoms. The highest BCUT2D eigenvalue weighted by Gasteiger charge is 2.77. The van der Waals surface area contributed by atoms with Gasteiger partial charge in [-0.1, -0.05) is 6.58 Å². The maximum Gasteiger partial charge on any atom is 0.471 e. The molecule has 0 N–H and O–H groups in total. The van der Waals surface area contributed by atoms with Crippen molar-refractivity contribution in [1.29, 1.82) is 0 Å². The maximum atomic E-state index is 13.3. The minimum Gasteiger partial charge on any atom is -0.441 e. The lowest BCUT2D eigenvalue weighted by atomic mass is 10.4. The van der Waals surface area contributed by atoms with E-state index in [4.69, 9.17) is 0 Å². The quantitative estimate of drug-likeness (QED) is 0.234. The summed E-state index contributed by atoms with van der Waals surface area (Å²) >= 11 is 0. The number of sulfonamides is 2. The normalized spacial score (nSPS) is 15.9. The number of carbonyl (C=O) groups excluding carboxylic acids is 1. The Morgan fingerprint density at radius 3 is 1.31 bits per heavy atom. The van der Waals surface area contributed by atoms with Crippen LogP contribution in [0, 0.1) is 0 Å². The number of halogens is 10. The van der Waals surface area contributed by atoms with E-state index in [0.717, 1.165) is 6.92 Å². The van der Waals surface area contributed by atoms with Gasteiger partial charge in [0, 0.05) is 5.57 Å². The van der Waals surface area contributed by atoms with Crippen molar-refractivity contribution in [3.63, 3.8) is 0 Å². The molecule has 0 radical (unpaired) electrons. The third-order valence-electron chi connectivity index (χ3n) is 2.70. The largest absolute Gasteiger partial charge is 0.471 e. The molecule has 0 aliphatic heterocycles. The first-order valence-corrected chi connectivity index (χ1v) is 9.29. The molecule has 0 saturated heterocycles. The second-order valence-corrected chi connectivity index (χ2v) is 8.99. The molecular weight excluding hydrogens is 484 g/mol. The summed E-state index contributed by atoms with van der Waals surface area (Å²) in [6.45, 7) is 3.41. The van der Waals surface area contributed by atoms with Crippen LogP contribution in [0.3, 0.4) is 0 Å². The highest BCUT2D eigenvalue weighted by molar-refractivity contribution is 8.05. The van der Waals surface area contributed by atoms with Crippen LogP contribution in [0.4, 0.5) is 43.9 Å². The van der Waals surface area contributed by atoms with Gasteiger partial charge in [-0.25, -0.2) is 21.6 Å². The van der Waals surface area contributed by atoms with Crippen LogP contribution in [-0.4, -0.2) is 55.6 Å². The molecule has 0 amide bonds. The average Bonchev–Trinajstić information content (AvgIpc) is 2.43. The SMILES string of the molecule is C=C(C)C(=O)OC(C)N(S(=O)(=O)C(F)(F)C(F)(F)F)S(=O)(=O)C(F)(F)C(F)(F)F. The molecule has 0 spiro atoms. The predicted molar refractivity (Wildman–Crippen MR) is 72.1 cm³/mol. The summed E-state index contributed by atoms with van der Waals surface area (Å²) in [5.74, 6) is -1.92. The number of rotatable bonds is 7. The molecule has 172 valence electrons. The Labute approximate surface area is 156 Å². The summed E-state index contributed by atoms with van der Waals surface area (Å²) < 4.78 is 175. The molecule has 0 aliphatic rings. The smallest absolute Gasteiger partial charge is 0.441 e. The van der Waals surface area contributed by atoms with E-state index in [1.165, 1.54) is 0 Å². The highest BCUT2D eigenvalue weighted by Crippen LogP contribution is 2.47. The van der Waals surface area contributed by atoms with Gasteiger partial charge in [0.1, 0.15) is 0 Å². The first-order valence-electron chi connectivity index (χ1n) is 6.41. The number of alkyl halides is 10. The van der Waals surface area contributed by atoms with E-state index in [1.54, 1.807) is 0 Å². The Bertz CT molecular complexity index is 818. The third-order valence-corrected chi connectivity index (χ3v) is 7.18. The number of hydrogen-bond acceptors (Lipinski definition) is 6. The van der Waals surface area contributed by atoms with Crippen LogP contribution in [0.25, 0.3) is 0 Å². The summed E-state index contributed by atoms with van der Waals surface area (Å²) in [5.41, 5.74) is -0.781. The van der Waals surface area contributed by atoms with Gasteiger partial charge in [0.25, 0.3) is 0 Å². The molecule has 0 fully saturated rings. The van der Waals surface area contributed by atoms with Gasteiger partial charge in [-0.2, -0.15) is 43.9 Å². The third kappa shape index (κ3) is 4.60. The van der Waals surface area contributed by atoms with Crippen molar-refractivity contribution in [2.24, 2.45) is 0 Å². The Kier molecular flexibility index (Phi) is 7.14. The van der Waals surface area contributed by atoms with Crippen molar-refractivity contribution < 1.29 is 70.3 Å². The van der Waals surface area contributed by atoms with E-state index >= 15 is 0 Å². The van der Waals surface area contributed by atoms with Gasteiger partial charge in [-0.3, -0.25) is 0 Å². The van der Waals surface area contributed by atoms with Crippen LogP contribution in [0.5, 0.6) is 0 Å². The zero-order valence-electron chi connectivity index (χ0n) is 13.8. The molecule has 19 heteroatoms. The molecule has 1 atom stereocenters. The summed E-state index contributed by atoms with van der Waals surface area (Å²) in [6, 6.07) is 0. The molecule has 0 aromatic carbocycles. The van der Waals surface area contributed by atoms with E-state index in [-0.39, 0.29) is 6.92 Å². The van der Waals surface area contributed by atoms with Crippen LogP contribution < -0.4 is 0 Å². The fourth-order valence-corrected chi connectivity index (χ4v) is 4.84. The molecule has 0 aromatic heterocycles. The molecule has 0 rings (SSSR count). The second kappa shape index (κ2) is 7.56. The lowest BCUT2D eigenvalue weighted by Gasteiger charge is -2.33. The minimum absolute atomic E-state index is 0.158. The highest BCUT2D eigenvalue weighted by atomic mass is 32.3. The van der Waals surface area contributed by atoms with Gasteiger partial charge in [-0.15, -0.1) is 0 Å². The van der Waals surface area contributed by atoms with Crippen molar-refractivity contribution in [3.8, 4) is 0 Å². The summed E-state index contributed by atoms with van der Waals surface area (Å²) in [7, 11) is -15.9. The molecule has 0 saturated carbocycles. The molecule has 0 bridgehead atoms. The van der Waals surface area contributed by atoms with Gasteiger partial charge in [0.15, 0.2) is 6.23 Å². The van der Waals surface area contributed by atoms with Crippen molar-refractivity contribution >= 4 is 26.0 Å². The monoisotopic (exact) mass is 493 g/mol. The van der Waals surface area contributed by atoms with Crippen LogP contribution in [-0.2, 0) is 29.6 Å². The maximum absolute atomic E-state index is 13.3. The minimum atomic E-state index is -7.93. The molecule has 0 aliphatic carbocycles. The van der Waals surface area contributed by atoms with Crippen LogP contribution in [0.1, 0.15) is 13.8 Å². The average molecular weight is 493 g/mol. The molecular formula is C10H9F10NO6S2. The zero-order valence-corrected chi connectivity index (χ0v) is 15.4. The Hall–Kier alpha value is -1.63. The van der Waals surface area contributed by atoms with E-state index in [9.17, 15) is 65.5 Å². The van der Waals surface area contributed by atoms with Gasteiger partial charge in [-0.05, 0) is 17.6 Å². The predicted octanol–water partition coefficient (Wildman–Crippen LogP) is 2.72. The number of ether oxygens (including phenoxy) is 1. The zero-order chi connectivity index (χ0) is 24.0. The molecule has 1 unspecified atom stereocenters. The Morgan fingerprint density at radius 1 is 0.828 bits per heavy atom. The second-order valence-electron chi connectivity index (χ2n) is 5.05. The summed E-state index contributed by atoms with van der Waals surface area (Å²) in [5, 5.41) is -14.4. The number of nitrogens with zero attached hydrogens (tertiary/aromatic N) is 1. The molecule has 7 nitrogen and oxygen atoms in total. The van der Waals surface area contributed by atoms with Crippen molar-refractivity contribution in [1.82, 2.24) is 3.71 Å². The van der Waals surface area contributed by atoms with Crippen molar-refractivity contribution in [3.05, 3.63) is 12.2 Å². The number of carbonyl (C=O) groups is 1. The van der Waals surface area contributed by atoms with E-state index in [0.29, 0.717) is 0 Å². The van der Waals surface area contributed by atoms with Gasteiger partial charge in [0.2, 0.25) is 0 Å². The number of hydrogen-bond donors (Lipinski definition) is 0. The van der Waals surface area contributed by atoms with E-state index in [2.05, 4.69) is 11.3 Å². The number of esters is 1. The first-order chi connectivity index (χ1) is 12.4. The topological polar surface area (TPSA) is 97.8 Å². The van der Waals surface area contributed by atoms with Crippen LogP contribution in [0.2, 0.25) is 0 Å². The fraction of sp³-hybridized carbons (Fsp3) is 0.700. The summed E-state index contributed by atoms with van der Waals surface area (Å²) in [6.07, 6.45) is -17.9. The summed E-state index contributed by atoms with van der Waals surface area (Å²) in [4.78, 5) is 11.2. The van der Waals surface area contributed by atoms with Crippen LogP contribution >= 0.6 is 0 Å². The molecule has 0 aromatic rings.